The van der Waals surface area contributed by atoms with E-state index in [-0.39, 0.29) is 12.6 Å². The number of halogens is 1. The third kappa shape index (κ3) is 5.70. The summed E-state index contributed by atoms with van der Waals surface area (Å²) >= 11 is 6.64. The number of benzene rings is 3. The largest absolute Gasteiger partial charge is 0.497 e. The molecule has 3 aromatic carbocycles. The number of ether oxygens (including phenoxy) is 2. The van der Waals surface area contributed by atoms with Gasteiger partial charge < -0.3 is 19.3 Å². The van der Waals surface area contributed by atoms with Crippen molar-refractivity contribution in [2.75, 3.05) is 62.1 Å². The third-order valence-corrected chi connectivity index (χ3v) is 8.41. The second-order valence-corrected chi connectivity index (χ2v) is 11.3. The van der Waals surface area contributed by atoms with Crippen molar-refractivity contribution in [3.8, 4) is 11.5 Å². The maximum atomic E-state index is 14.3. The summed E-state index contributed by atoms with van der Waals surface area (Å²) in [6, 6.07) is 19.3. The molecule has 2 aliphatic heterocycles. The summed E-state index contributed by atoms with van der Waals surface area (Å²) in [4.78, 5) is 32.0. The lowest BCUT2D eigenvalue weighted by molar-refractivity contribution is 0.252. The van der Waals surface area contributed by atoms with E-state index in [0.29, 0.717) is 46.0 Å². The van der Waals surface area contributed by atoms with Crippen molar-refractivity contribution < 1.29 is 14.3 Å². The van der Waals surface area contributed by atoms with Gasteiger partial charge in [-0.25, -0.2) is 19.7 Å². The normalized spacial score (nSPS) is 15.5. The Morgan fingerprint density at radius 1 is 0.953 bits per heavy atom. The highest BCUT2D eigenvalue weighted by Gasteiger charge is 2.37. The molecule has 3 heterocycles. The zero-order valence-electron chi connectivity index (χ0n) is 24.9. The molecule has 2 aliphatic rings. The maximum absolute atomic E-state index is 14.3. The van der Waals surface area contributed by atoms with Gasteiger partial charge in [0.15, 0.2) is 0 Å². The minimum atomic E-state index is -0.284. The highest BCUT2D eigenvalue weighted by molar-refractivity contribution is 6.34. The fraction of sp³-hybridized carbons (Fsp3) is 0.303. The summed E-state index contributed by atoms with van der Waals surface area (Å²) in [6.45, 7) is 6.39. The van der Waals surface area contributed by atoms with E-state index in [9.17, 15) is 4.79 Å². The van der Waals surface area contributed by atoms with Gasteiger partial charge >= 0.3 is 6.03 Å². The van der Waals surface area contributed by atoms with Crippen molar-refractivity contribution in [3.05, 3.63) is 94.4 Å². The molecule has 0 spiro atoms. The van der Waals surface area contributed by atoms with E-state index in [1.165, 1.54) is 5.69 Å². The molecular weight excluding hydrogens is 564 g/mol. The predicted molar refractivity (Wildman–Crippen MR) is 170 cm³/mol. The zero-order valence-corrected chi connectivity index (χ0v) is 25.6. The highest BCUT2D eigenvalue weighted by Crippen LogP contribution is 2.43. The maximum Gasteiger partial charge on any atom is 0.335 e. The van der Waals surface area contributed by atoms with Crippen LogP contribution in [0.25, 0.3) is 0 Å². The molecular formula is C33H35ClN6O3. The number of piperazine rings is 1. The van der Waals surface area contributed by atoms with E-state index in [1.54, 1.807) is 48.3 Å². The van der Waals surface area contributed by atoms with E-state index in [4.69, 9.17) is 31.0 Å². The van der Waals surface area contributed by atoms with Crippen LogP contribution >= 0.6 is 11.6 Å². The molecule has 0 saturated carbocycles. The predicted octanol–water partition coefficient (Wildman–Crippen LogP) is 6.08. The van der Waals surface area contributed by atoms with Crippen LogP contribution in [0.1, 0.15) is 22.5 Å². The number of aromatic nitrogens is 2. The Bertz CT molecular complexity index is 1620. The first-order valence-electron chi connectivity index (χ1n) is 14.3. The minimum absolute atomic E-state index is 0.284. The molecule has 2 amide bonds. The summed E-state index contributed by atoms with van der Waals surface area (Å²) in [6.07, 6.45) is 2.34. The molecule has 0 aliphatic carbocycles. The van der Waals surface area contributed by atoms with Crippen LogP contribution in [0.4, 0.5) is 27.7 Å². The zero-order chi connectivity index (χ0) is 30.1. The fourth-order valence-corrected chi connectivity index (χ4v) is 5.99. The van der Waals surface area contributed by atoms with Crippen LogP contribution in [0.2, 0.25) is 5.02 Å². The van der Waals surface area contributed by atoms with Gasteiger partial charge in [-0.2, -0.15) is 0 Å². The third-order valence-electron chi connectivity index (χ3n) is 8.11. The highest BCUT2D eigenvalue weighted by atomic mass is 35.5. The molecule has 1 aromatic heterocycles. The van der Waals surface area contributed by atoms with Gasteiger partial charge in [0.2, 0.25) is 0 Å². The number of carbonyl (C=O) groups excluding carboxylic acids is 1. The van der Waals surface area contributed by atoms with Gasteiger partial charge in [-0.05, 0) is 55.4 Å². The van der Waals surface area contributed by atoms with E-state index >= 15 is 0 Å². The Labute approximate surface area is 257 Å². The summed E-state index contributed by atoms with van der Waals surface area (Å²) in [7, 11) is 5.32. The number of urea groups is 1. The number of anilines is 4. The standard InChI is InChI=1S/C33H35ClN6O3/c1-22-6-5-7-27(34)31(22)39-21-24-20-35-30(18-23-8-10-25(11-9-23)38-16-14-37(2)15-17-38)36-32(24)40(33(39)41)28-13-12-26(42-3)19-29(28)43-4/h5-13,19-20H,14-18,21H2,1-4H3. The van der Waals surface area contributed by atoms with Crippen molar-refractivity contribution in [1.82, 2.24) is 14.9 Å². The summed E-state index contributed by atoms with van der Waals surface area (Å²) in [5.41, 5.74) is 5.21. The molecule has 6 rings (SSSR count). The molecule has 1 saturated heterocycles. The smallest absolute Gasteiger partial charge is 0.335 e. The SMILES string of the molecule is COc1ccc(N2C(=O)N(c3c(C)cccc3Cl)Cc3cnc(Cc4ccc(N5CCN(C)CC5)cc4)nc32)c(OC)c1. The van der Waals surface area contributed by atoms with Crippen LogP contribution in [0.3, 0.4) is 0 Å². The molecule has 222 valence electrons. The lowest BCUT2D eigenvalue weighted by atomic mass is 10.1. The van der Waals surface area contributed by atoms with E-state index in [2.05, 4.69) is 41.1 Å². The van der Waals surface area contributed by atoms with E-state index < -0.39 is 0 Å². The van der Waals surface area contributed by atoms with Gasteiger partial charge in [-0.15, -0.1) is 0 Å². The van der Waals surface area contributed by atoms with Crippen LogP contribution in [-0.4, -0.2) is 68.3 Å². The number of fused-ring (bicyclic) bond motifs is 1. The lowest BCUT2D eigenvalue weighted by Gasteiger charge is -2.37. The van der Waals surface area contributed by atoms with Crippen LogP contribution in [0, 0.1) is 6.92 Å². The van der Waals surface area contributed by atoms with Crippen LogP contribution in [0.15, 0.2) is 66.9 Å². The number of carbonyl (C=O) groups is 1. The first kappa shape index (κ1) is 28.8. The van der Waals surface area contributed by atoms with Gasteiger partial charge in [-0.3, -0.25) is 4.90 Å². The quantitative estimate of drug-likeness (QED) is 0.255. The average Bonchev–Trinajstić information content (AvgIpc) is 3.02. The van der Waals surface area contributed by atoms with Gasteiger partial charge in [0.1, 0.15) is 23.1 Å². The molecule has 10 heteroatoms. The van der Waals surface area contributed by atoms with Crippen molar-refractivity contribution >= 4 is 40.5 Å². The lowest BCUT2D eigenvalue weighted by Crippen LogP contribution is -2.46. The Morgan fingerprint density at radius 3 is 2.42 bits per heavy atom. The van der Waals surface area contributed by atoms with E-state index in [1.807, 2.05) is 25.3 Å². The molecule has 0 unspecified atom stereocenters. The van der Waals surface area contributed by atoms with Gasteiger partial charge in [0.05, 0.1) is 37.2 Å². The number of amides is 2. The Balaban J connectivity index is 1.36. The van der Waals surface area contributed by atoms with E-state index in [0.717, 1.165) is 42.9 Å². The number of methoxy groups -OCH3 is 2. The molecule has 0 bridgehead atoms. The molecule has 0 atom stereocenters. The van der Waals surface area contributed by atoms with Crippen molar-refractivity contribution in [2.45, 2.75) is 19.9 Å². The Morgan fingerprint density at radius 2 is 1.72 bits per heavy atom. The van der Waals surface area contributed by atoms with Gasteiger partial charge in [-0.1, -0.05) is 35.9 Å². The Hall–Kier alpha value is -4.34. The topological polar surface area (TPSA) is 74.3 Å². The number of likely N-dealkylation sites (N-methyl/N-ethyl adjacent to an activating group) is 1. The molecule has 9 nitrogen and oxygen atoms in total. The first-order chi connectivity index (χ1) is 20.9. The number of aryl methyl sites for hydroxylation is 1. The number of rotatable bonds is 7. The van der Waals surface area contributed by atoms with Crippen molar-refractivity contribution in [2.24, 2.45) is 0 Å². The van der Waals surface area contributed by atoms with Gasteiger partial charge in [0.25, 0.3) is 0 Å². The monoisotopic (exact) mass is 598 g/mol. The van der Waals surface area contributed by atoms with Crippen molar-refractivity contribution in [3.63, 3.8) is 0 Å². The molecule has 0 radical (unpaired) electrons. The molecule has 1 fully saturated rings. The fourth-order valence-electron chi connectivity index (χ4n) is 5.67. The molecule has 4 aromatic rings. The number of nitrogens with zero attached hydrogens (tertiary/aromatic N) is 6. The summed E-state index contributed by atoms with van der Waals surface area (Å²) < 4.78 is 11.1. The van der Waals surface area contributed by atoms with Crippen LogP contribution < -0.4 is 24.2 Å². The summed E-state index contributed by atoms with van der Waals surface area (Å²) in [5, 5.41) is 0.496. The average molecular weight is 599 g/mol. The van der Waals surface area contributed by atoms with Crippen LogP contribution in [-0.2, 0) is 13.0 Å². The second kappa shape index (κ2) is 12.1. The minimum Gasteiger partial charge on any atom is -0.497 e. The van der Waals surface area contributed by atoms with Crippen LogP contribution in [0.5, 0.6) is 11.5 Å². The number of para-hydroxylation sites is 1. The second-order valence-electron chi connectivity index (χ2n) is 10.9. The number of hydrogen-bond donors (Lipinski definition) is 0. The van der Waals surface area contributed by atoms with Gasteiger partial charge in [0, 0.05) is 56.1 Å². The van der Waals surface area contributed by atoms with Crippen molar-refractivity contribution in [1.29, 1.82) is 0 Å². The molecule has 43 heavy (non-hydrogen) atoms. The summed E-state index contributed by atoms with van der Waals surface area (Å²) in [5.74, 6) is 2.25. The Kier molecular flexibility index (Phi) is 8.10. The first-order valence-corrected chi connectivity index (χ1v) is 14.7. The number of hydrogen-bond acceptors (Lipinski definition) is 7. The molecule has 0 N–H and O–H groups in total.